The Morgan fingerprint density at radius 2 is 1.87 bits per heavy atom. The van der Waals surface area contributed by atoms with Gasteiger partial charge in [-0.1, -0.05) is 46.9 Å². The number of nitriles is 1. The van der Waals surface area contributed by atoms with Gasteiger partial charge in [0.15, 0.2) is 5.82 Å². The van der Waals surface area contributed by atoms with Crippen molar-refractivity contribution in [2.24, 2.45) is 11.8 Å². The number of carbonyl (C=O) groups is 2. The van der Waals surface area contributed by atoms with Crippen molar-refractivity contribution in [3.8, 4) is 17.2 Å². The molecule has 4 aromatic rings. The molecule has 0 spiro atoms. The number of pyridine rings is 1. The number of aromatic nitrogens is 2. The van der Waals surface area contributed by atoms with Gasteiger partial charge in [-0.25, -0.2) is 14.2 Å². The average Bonchev–Trinajstić information content (AvgIpc) is 3.33. The number of carbonyl (C=O) groups excluding carboxylic acids is 1. The fraction of sp³-hybridized carbons (Fsp3) is 0.412. The number of hydrogen-bond donors (Lipinski definition) is 2. The van der Waals surface area contributed by atoms with Crippen molar-refractivity contribution in [2.75, 3.05) is 13.1 Å². The summed E-state index contributed by atoms with van der Waals surface area (Å²) in [7, 11) is 0. The van der Waals surface area contributed by atoms with Crippen molar-refractivity contribution in [3.05, 3.63) is 62.6 Å². The summed E-state index contributed by atoms with van der Waals surface area (Å²) in [6, 6.07) is 9.70. The highest BCUT2D eigenvalue weighted by Crippen LogP contribution is 2.54. The number of likely N-dealkylation sites (tertiary alicyclic amines) is 1. The van der Waals surface area contributed by atoms with E-state index in [-0.39, 0.29) is 75.5 Å². The van der Waals surface area contributed by atoms with Gasteiger partial charge in [-0.05, 0) is 49.4 Å². The molecule has 2 aromatic heterocycles. The van der Waals surface area contributed by atoms with Crippen LogP contribution in [-0.2, 0) is 11.2 Å². The summed E-state index contributed by atoms with van der Waals surface area (Å²) < 4.78 is 19.0. The van der Waals surface area contributed by atoms with Gasteiger partial charge >= 0.3 is 6.09 Å². The van der Waals surface area contributed by atoms with Gasteiger partial charge in [0.2, 0.25) is 5.91 Å². The van der Waals surface area contributed by atoms with E-state index in [4.69, 9.17) is 34.8 Å². The van der Waals surface area contributed by atoms with Crippen LogP contribution in [0.3, 0.4) is 0 Å². The number of aliphatic hydroxyl groups excluding tert-OH is 1. The molecule has 9 rings (SSSR count). The molecule has 5 aliphatic rings. The Morgan fingerprint density at radius 1 is 1.09 bits per heavy atom. The minimum atomic E-state index is -1.00. The van der Waals surface area contributed by atoms with Gasteiger partial charge in [0.25, 0.3) is 0 Å². The average molecular weight is 697 g/mol. The van der Waals surface area contributed by atoms with Gasteiger partial charge in [0.1, 0.15) is 10.7 Å². The lowest BCUT2D eigenvalue weighted by Gasteiger charge is -2.40. The van der Waals surface area contributed by atoms with Crippen molar-refractivity contribution < 1.29 is 24.2 Å². The van der Waals surface area contributed by atoms with E-state index >= 15 is 4.39 Å². The van der Waals surface area contributed by atoms with Crippen LogP contribution in [0, 0.1) is 29.0 Å². The predicted molar refractivity (Wildman–Crippen MR) is 175 cm³/mol. The first-order valence-corrected chi connectivity index (χ1v) is 16.9. The molecule has 9 nitrogen and oxygen atoms in total. The number of rotatable bonds is 6. The highest BCUT2D eigenvalue weighted by atomic mass is 35.5. The van der Waals surface area contributed by atoms with Crippen LogP contribution in [0.5, 0.6) is 0 Å². The Balaban J connectivity index is 1.42. The van der Waals surface area contributed by atoms with E-state index in [0.29, 0.717) is 46.8 Å². The Kier molecular flexibility index (Phi) is 7.34. The number of carboxylic acid groups (broad SMARTS) is 1. The minimum Gasteiger partial charge on any atom is -0.465 e. The summed E-state index contributed by atoms with van der Waals surface area (Å²) in [6.07, 6.45) is 1.22. The van der Waals surface area contributed by atoms with Gasteiger partial charge in [0, 0.05) is 65.4 Å². The number of benzene rings is 2. The predicted octanol–water partition coefficient (Wildman–Crippen LogP) is 7.38. The van der Waals surface area contributed by atoms with Crippen molar-refractivity contribution in [1.29, 1.82) is 5.26 Å². The Labute approximate surface area is 284 Å². The first kappa shape index (κ1) is 30.7. The quantitative estimate of drug-likeness (QED) is 0.203. The lowest BCUT2D eigenvalue weighted by atomic mass is 9.79. The summed E-state index contributed by atoms with van der Waals surface area (Å²) in [5.41, 5.74) is 2.38. The Bertz CT molecular complexity index is 2060. The summed E-state index contributed by atoms with van der Waals surface area (Å²) in [6.45, 7) is 0.557. The molecule has 5 fully saturated rings. The monoisotopic (exact) mass is 695 g/mol. The van der Waals surface area contributed by atoms with Crippen LogP contribution < -0.4 is 0 Å². The zero-order valence-electron chi connectivity index (χ0n) is 25.0. The second-order valence-corrected chi connectivity index (χ2v) is 14.3. The summed E-state index contributed by atoms with van der Waals surface area (Å²) in [5, 5.41) is 31.8. The van der Waals surface area contributed by atoms with Crippen molar-refractivity contribution >= 4 is 68.6 Å². The fourth-order valence-electron chi connectivity index (χ4n) is 8.17. The fourth-order valence-corrected chi connectivity index (χ4v) is 8.79. The van der Waals surface area contributed by atoms with Gasteiger partial charge in [-0.3, -0.25) is 4.79 Å². The number of halogens is 4. The van der Waals surface area contributed by atoms with Crippen molar-refractivity contribution in [2.45, 2.75) is 62.8 Å². The highest BCUT2D eigenvalue weighted by molar-refractivity contribution is 6.43. The number of nitrogens with zero attached hydrogens (tertiary/aromatic N) is 5. The number of fused-ring (bicyclic) bond motifs is 4. The number of amides is 2. The van der Waals surface area contributed by atoms with Gasteiger partial charge in [-0.2, -0.15) is 5.26 Å². The highest BCUT2D eigenvalue weighted by Gasteiger charge is 2.56. The third-order valence-corrected chi connectivity index (χ3v) is 11.5. The van der Waals surface area contributed by atoms with Crippen LogP contribution >= 0.6 is 34.8 Å². The Morgan fingerprint density at radius 3 is 2.57 bits per heavy atom. The molecule has 2 aromatic carbocycles. The number of β-amino-alcohol motifs (C(OH)–C–C–N with tert-alkyl or cyclic N) is 1. The van der Waals surface area contributed by atoms with Gasteiger partial charge in [0.05, 0.1) is 45.9 Å². The number of aryl methyl sites for hydroxylation is 1. The van der Waals surface area contributed by atoms with Crippen LogP contribution in [-0.4, -0.2) is 66.8 Å². The van der Waals surface area contributed by atoms with Crippen LogP contribution in [0.1, 0.15) is 55.4 Å². The molecule has 5 atom stereocenters. The van der Waals surface area contributed by atoms with Crippen molar-refractivity contribution in [1.82, 2.24) is 19.4 Å². The molecular formula is C34H29Cl3FN5O4. The van der Waals surface area contributed by atoms with E-state index in [1.807, 2.05) is 12.1 Å². The molecule has 13 heteroatoms. The molecule has 2 amide bonds. The maximum Gasteiger partial charge on any atom is 0.407 e. The number of aliphatic hydroxyl groups is 1. The summed E-state index contributed by atoms with van der Waals surface area (Å²) in [5.74, 6) is -0.737. The van der Waals surface area contributed by atoms with Gasteiger partial charge < -0.3 is 24.6 Å². The third-order valence-electron chi connectivity index (χ3n) is 10.4. The van der Waals surface area contributed by atoms with Crippen LogP contribution in [0.15, 0.2) is 30.3 Å². The number of hydrogen-bond acceptors (Lipinski definition) is 5. The molecule has 47 heavy (non-hydrogen) atoms. The molecule has 2 saturated carbocycles. The standard InChI is InChI=1S/C34H29Cl3FN5O4/c35-22-5-1-4-19(27(22)36)26-16(3-2-8-39)9-20-29(28(26)38)40-32(37)21-12-24(23-11-18(44)14-41(23)33(45)15-6-7-15)43(31(20)21)30-17-10-25(30)42(13-17)34(46)47/h1,4-5,9,12,15,17-18,23,25,30,44H,2-3,6-7,10-11,13-14H2,(H,46,47)/t17-,18+,23-,25-,30+/m1/s1. The third kappa shape index (κ3) is 4.69. The Hall–Kier alpha value is -3.62. The zero-order valence-corrected chi connectivity index (χ0v) is 27.2. The molecule has 5 heterocycles. The summed E-state index contributed by atoms with van der Waals surface area (Å²) in [4.78, 5) is 33.4. The maximum absolute atomic E-state index is 17.0. The van der Waals surface area contributed by atoms with E-state index in [9.17, 15) is 25.1 Å². The largest absolute Gasteiger partial charge is 0.465 e. The lowest BCUT2D eigenvalue weighted by Crippen LogP contribution is -2.43. The molecule has 0 unspecified atom stereocenters. The second kappa shape index (κ2) is 11.2. The normalized spacial score (nSPS) is 25.1. The molecule has 2 aliphatic carbocycles. The molecule has 2 bridgehead atoms. The van der Waals surface area contributed by atoms with Crippen LogP contribution in [0.2, 0.25) is 15.2 Å². The minimum absolute atomic E-state index is 0.000666. The van der Waals surface area contributed by atoms with E-state index in [1.165, 1.54) is 4.90 Å². The topological polar surface area (TPSA) is 123 Å². The molecule has 0 radical (unpaired) electrons. The SMILES string of the molecule is N#CCCc1cc2c(nc(Cl)c3cc([C@H]4C[C@H](O)CN4C(=O)C4CC4)n([C@H]4[C@@H]5C[C@H]4N(C(=O)O)C5)c32)c(F)c1-c1cccc(Cl)c1Cl. The molecule has 3 aliphatic heterocycles. The van der Waals surface area contributed by atoms with Crippen molar-refractivity contribution in [3.63, 3.8) is 0 Å². The molecule has 242 valence electrons. The van der Waals surface area contributed by atoms with E-state index in [2.05, 4.69) is 15.6 Å². The van der Waals surface area contributed by atoms with Crippen LogP contribution in [0.25, 0.3) is 32.9 Å². The molecule has 2 N–H and O–H groups in total. The first-order valence-electron chi connectivity index (χ1n) is 15.7. The lowest BCUT2D eigenvalue weighted by molar-refractivity contribution is -0.133. The maximum atomic E-state index is 17.0. The molecular weight excluding hydrogens is 668 g/mol. The van der Waals surface area contributed by atoms with E-state index in [0.717, 1.165) is 18.5 Å². The smallest absolute Gasteiger partial charge is 0.407 e. The van der Waals surface area contributed by atoms with Gasteiger partial charge in [-0.15, -0.1) is 0 Å². The van der Waals surface area contributed by atoms with E-state index < -0.39 is 24.1 Å². The first-order chi connectivity index (χ1) is 22.6. The molecule has 3 saturated heterocycles. The van der Waals surface area contributed by atoms with Crippen LogP contribution in [0.4, 0.5) is 9.18 Å². The zero-order chi connectivity index (χ0) is 32.9. The second-order valence-electron chi connectivity index (χ2n) is 13.1. The van der Waals surface area contributed by atoms with E-state index in [1.54, 1.807) is 23.1 Å². The summed E-state index contributed by atoms with van der Waals surface area (Å²) >= 11 is 19.8.